The number of nitrogens with one attached hydrogen (secondary N) is 1. The summed E-state index contributed by atoms with van der Waals surface area (Å²) in [5.74, 6) is 0.699. The minimum Gasteiger partial charge on any atom is -0.306 e. The molecule has 1 aromatic heterocycles. The number of fused-ring (bicyclic) bond motifs is 1. The Kier molecular flexibility index (Phi) is 5.66. The number of hydrogen-bond donors (Lipinski definition) is 1. The molecule has 8 heteroatoms. The number of aromatic nitrogens is 2. The molecule has 5 rings (SSSR count). The van der Waals surface area contributed by atoms with E-state index in [0.717, 1.165) is 5.56 Å². The number of hydrogen-bond acceptors (Lipinski definition) is 4. The predicted molar refractivity (Wildman–Crippen MR) is 128 cm³/mol. The van der Waals surface area contributed by atoms with Gasteiger partial charge in [0.25, 0.3) is 5.91 Å². The van der Waals surface area contributed by atoms with Gasteiger partial charge in [-0.05, 0) is 30.3 Å². The summed E-state index contributed by atoms with van der Waals surface area (Å²) in [4.78, 5) is 25.7. The van der Waals surface area contributed by atoms with Crippen molar-refractivity contribution in [3.8, 4) is 5.69 Å². The van der Waals surface area contributed by atoms with Crippen molar-refractivity contribution in [1.82, 2.24) is 9.78 Å². The van der Waals surface area contributed by atoms with Crippen LogP contribution in [0.2, 0.25) is 5.02 Å². The zero-order valence-electron chi connectivity index (χ0n) is 17.3. The van der Waals surface area contributed by atoms with Crippen LogP contribution in [0.4, 0.5) is 5.82 Å². The van der Waals surface area contributed by atoms with Crippen molar-refractivity contribution in [3.05, 3.63) is 112 Å². The van der Waals surface area contributed by atoms with E-state index in [1.165, 1.54) is 0 Å². The van der Waals surface area contributed by atoms with Gasteiger partial charge < -0.3 is 5.32 Å². The monoisotopic (exact) mass is 475 g/mol. The summed E-state index contributed by atoms with van der Waals surface area (Å²) in [6.07, 6.45) is 0. The Balaban J connectivity index is 1.43. The van der Waals surface area contributed by atoms with Crippen LogP contribution in [-0.2, 0) is 22.3 Å². The molecule has 0 radical (unpaired) electrons. The van der Waals surface area contributed by atoms with Crippen LogP contribution in [0.5, 0.6) is 0 Å². The van der Waals surface area contributed by atoms with Crippen molar-refractivity contribution in [1.29, 1.82) is 0 Å². The van der Waals surface area contributed by atoms with Crippen LogP contribution in [-0.4, -0.2) is 25.7 Å². The second-order valence-corrected chi connectivity index (χ2v) is 9.51. The number of benzene rings is 3. The van der Waals surface area contributed by atoms with Gasteiger partial charge in [-0.15, -0.1) is 0 Å². The molecule has 0 spiro atoms. The summed E-state index contributed by atoms with van der Waals surface area (Å²) in [6, 6.07) is 22.6. The highest BCUT2D eigenvalue weighted by Crippen LogP contribution is 2.32. The van der Waals surface area contributed by atoms with E-state index >= 15 is 0 Å². The zero-order valence-corrected chi connectivity index (χ0v) is 18.9. The number of halogens is 1. The van der Waals surface area contributed by atoms with Gasteiger partial charge in [0, 0.05) is 38.1 Å². The van der Waals surface area contributed by atoms with Crippen LogP contribution in [0, 0.1) is 0 Å². The molecule has 1 aliphatic rings. The maximum Gasteiger partial charge on any atom is 0.256 e. The summed E-state index contributed by atoms with van der Waals surface area (Å²) in [7, 11) is -1.04. The minimum atomic E-state index is -1.04. The Bertz CT molecular complexity index is 1400. The van der Waals surface area contributed by atoms with Crippen molar-refractivity contribution in [2.45, 2.75) is 11.5 Å². The first-order valence-corrected chi connectivity index (χ1v) is 12.1. The maximum absolute atomic E-state index is 13.1. The van der Waals surface area contributed by atoms with Crippen molar-refractivity contribution in [2.75, 3.05) is 5.32 Å². The summed E-state index contributed by atoms with van der Waals surface area (Å²) in [6.45, 7) is 0. The van der Waals surface area contributed by atoms with Crippen LogP contribution < -0.4 is 5.32 Å². The Morgan fingerprint density at radius 2 is 1.58 bits per heavy atom. The molecule has 0 saturated carbocycles. The van der Waals surface area contributed by atoms with Crippen molar-refractivity contribution < 1.29 is 13.8 Å². The fraction of sp³-hybridized carbons (Fsp3) is 0.0800. The molecule has 1 unspecified atom stereocenters. The van der Waals surface area contributed by atoms with Gasteiger partial charge in [0.15, 0.2) is 5.78 Å². The fourth-order valence-corrected chi connectivity index (χ4v) is 5.21. The molecule has 4 aromatic rings. The number of carbonyl (C=O) groups is 2. The summed E-state index contributed by atoms with van der Waals surface area (Å²) >= 11 is 6.15. The van der Waals surface area contributed by atoms with Crippen LogP contribution in [0.3, 0.4) is 0 Å². The molecule has 2 heterocycles. The summed E-state index contributed by atoms with van der Waals surface area (Å²) in [5.41, 5.74) is 3.64. The smallest absolute Gasteiger partial charge is 0.256 e. The molecule has 33 heavy (non-hydrogen) atoms. The predicted octanol–water partition coefficient (Wildman–Crippen LogP) is 4.77. The normalized spacial score (nSPS) is 14.6. The molecule has 0 saturated heterocycles. The van der Waals surface area contributed by atoms with E-state index in [9.17, 15) is 13.8 Å². The van der Waals surface area contributed by atoms with E-state index in [4.69, 9.17) is 11.6 Å². The van der Waals surface area contributed by atoms with Gasteiger partial charge in [-0.2, -0.15) is 5.10 Å². The Morgan fingerprint density at radius 1 is 0.879 bits per heavy atom. The molecule has 0 fully saturated rings. The van der Waals surface area contributed by atoms with E-state index in [0.29, 0.717) is 50.4 Å². The lowest BCUT2D eigenvalue weighted by atomic mass is 10.0. The number of amides is 1. The largest absolute Gasteiger partial charge is 0.306 e. The van der Waals surface area contributed by atoms with Crippen molar-refractivity contribution in [2.24, 2.45) is 0 Å². The van der Waals surface area contributed by atoms with Crippen LogP contribution in [0.25, 0.3) is 5.69 Å². The SMILES string of the molecule is O=C(Nc1c2c(nn1-c1cccc(Cl)c1)CS(=O)C2)c1ccc(C(=O)c2ccccc2)cc1. The molecule has 164 valence electrons. The quantitative estimate of drug-likeness (QED) is 0.421. The maximum atomic E-state index is 13.1. The third-order valence-electron chi connectivity index (χ3n) is 5.40. The zero-order chi connectivity index (χ0) is 22.9. The number of nitrogens with zero attached hydrogens (tertiary/aromatic N) is 2. The van der Waals surface area contributed by atoms with E-state index in [1.54, 1.807) is 59.3 Å². The third kappa shape index (κ3) is 4.25. The lowest BCUT2D eigenvalue weighted by Crippen LogP contribution is -2.17. The van der Waals surface area contributed by atoms with Gasteiger partial charge in [-0.25, -0.2) is 4.68 Å². The molecule has 1 amide bonds. The van der Waals surface area contributed by atoms with E-state index in [1.807, 2.05) is 24.3 Å². The first kappa shape index (κ1) is 21.3. The molecule has 1 aliphatic heterocycles. The highest BCUT2D eigenvalue weighted by molar-refractivity contribution is 7.83. The molecule has 6 nitrogen and oxygen atoms in total. The van der Waals surface area contributed by atoms with E-state index in [2.05, 4.69) is 10.4 Å². The van der Waals surface area contributed by atoms with Gasteiger partial charge in [0.05, 0.1) is 22.9 Å². The van der Waals surface area contributed by atoms with Crippen molar-refractivity contribution in [3.63, 3.8) is 0 Å². The average Bonchev–Trinajstić information content (AvgIpc) is 3.36. The standard InChI is InChI=1S/C25H18ClN3O3S/c26-19-7-4-8-20(13-19)29-24(21-14-33(32)15-22(21)28-29)27-25(31)18-11-9-17(10-12-18)23(30)16-5-2-1-3-6-16/h1-13H,14-15H2,(H,27,31). The molecule has 3 aromatic carbocycles. The second kappa shape index (κ2) is 8.77. The lowest BCUT2D eigenvalue weighted by molar-refractivity contribution is 0.101. The third-order valence-corrected chi connectivity index (χ3v) is 6.84. The highest BCUT2D eigenvalue weighted by Gasteiger charge is 2.28. The van der Waals surface area contributed by atoms with E-state index in [-0.39, 0.29) is 11.7 Å². The highest BCUT2D eigenvalue weighted by atomic mass is 35.5. The molecule has 0 bridgehead atoms. The van der Waals surface area contributed by atoms with E-state index < -0.39 is 10.8 Å². The summed E-state index contributed by atoms with van der Waals surface area (Å²) < 4.78 is 13.7. The Labute approximate surface area is 197 Å². The van der Waals surface area contributed by atoms with Gasteiger partial charge in [-0.3, -0.25) is 13.8 Å². The van der Waals surface area contributed by atoms with Gasteiger partial charge in [0.2, 0.25) is 0 Å². The number of carbonyl (C=O) groups excluding carboxylic acids is 2. The van der Waals surface area contributed by atoms with Gasteiger partial charge in [0.1, 0.15) is 5.82 Å². The molecule has 1 N–H and O–H groups in total. The number of ketones is 1. The average molecular weight is 476 g/mol. The number of rotatable bonds is 5. The second-order valence-electron chi connectivity index (χ2n) is 7.62. The first-order chi connectivity index (χ1) is 16.0. The Hall–Kier alpha value is -3.55. The minimum absolute atomic E-state index is 0.109. The van der Waals surface area contributed by atoms with Gasteiger partial charge >= 0.3 is 0 Å². The Morgan fingerprint density at radius 3 is 2.30 bits per heavy atom. The number of anilines is 1. The first-order valence-electron chi connectivity index (χ1n) is 10.2. The van der Waals surface area contributed by atoms with Crippen LogP contribution in [0.15, 0.2) is 78.9 Å². The molecular weight excluding hydrogens is 458 g/mol. The topological polar surface area (TPSA) is 81.1 Å². The summed E-state index contributed by atoms with van der Waals surface area (Å²) in [5, 5.41) is 8.04. The molecule has 0 aliphatic carbocycles. The molecule has 1 atom stereocenters. The van der Waals surface area contributed by atoms with Gasteiger partial charge in [-0.1, -0.05) is 60.1 Å². The molecular formula is C25H18ClN3O3S. The van der Waals surface area contributed by atoms with Crippen LogP contribution >= 0.6 is 11.6 Å². The fourth-order valence-electron chi connectivity index (χ4n) is 3.76. The lowest BCUT2D eigenvalue weighted by Gasteiger charge is -2.11. The van der Waals surface area contributed by atoms with Crippen molar-refractivity contribution >= 4 is 39.9 Å². The van der Waals surface area contributed by atoms with Crippen LogP contribution in [0.1, 0.15) is 37.5 Å².